The number of rotatable bonds is 2. The predicted molar refractivity (Wildman–Crippen MR) is 58.4 cm³/mol. The lowest BCUT2D eigenvalue weighted by Gasteiger charge is -2.06. The van der Waals surface area contributed by atoms with Crippen molar-refractivity contribution >= 4 is 16.9 Å². The van der Waals surface area contributed by atoms with Crippen molar-refractivity contribution in [3.8, 4) is 5.75 Å². The normalized spacial score (nSPS) is 10.5. The summed E-state index contributed by atoms with van der Waals surface area (Å²) < 4.78 is 5.10. The standard InChI is InChI=1S/C10H12N4O/c1-15-6-2-3-7-8(4-6)13-10(12)14-9(7)5-11/h2-4H,5,11H2,1H3,(H2,12,13,14). The van der Waals surface area contributed by atoms with Gasteiger partial charge in [0.1, 0.15) is 5.75 Å². The number of ether oxygens (including phenoxy) is 1. The summed E-state index contributed by atoms with van der Waals surface area (Å²) in [5, 5.41) is 0.910. The average molecular weight is 204 g/mol. The van der Waals surface area contributed by atoms with Crippen molar-refractivity contribution in [2.24, 2.45) is 5.73 Å². The van der Waals surface area contributed by atoms with Gasteiger partial charge in [-0.05, 0) is 12.1 Å². The van der Waals surface area contributed by atoms with Crippen LogP contribution in [0, 0.1) is 0 Å². The van der Waals surface area contributed by atoms with Gasteiger partial charge in [-0.3, -0.25) is 0 Å². The average Bonchev–Trinajstić information content (AvgIpc) is 2.26. The molecule has 0 saturated carbocycles. The minimum absolute atomic E-state index is 0.233. The SMILES string of the molecule is COc1ccc2c(CN)nc(N)nc2c1. The summed E-state index contributed by atoms with van der Waals surface area (Å²) in [5.41, 5.74) is 12.7. The minimum atomic E-state index is 0.233. The van der Waals surface area contributed by atoms with Gasteiger partial charge in [0.05, 0.1) is 18.3 Å². The predicted octanol–water partition coefficient (Wildman–Crippen LogP) is 0.679. The Morgan fingerprint density at radius 2 is 2.13 bits per heavy atom. The maximum atomic E-state index is 5.58. The molecule has 15 heavy (non-hydrogen) atoms. The molecule has 2 rings (SSSR count). The fourth-order valence-electron chi connectivity index (χ4n) is 1.48. The van der Waals surface area contributed by atoms with Gasteiger partial charge >= 0.3 is 0 Å². The first-order valence-electron chi connectivity index (χ1n) is 4.55. The van der Waals surface area contributed by atoms with E-state index in [0.717, 1.165) is 22.3 Å². The van der Waals surface area contributed by atoms with E-state index in [1.807, 2.05) is 18.2 Å². The largest absolute Gasteiger partial charge is 0.497 e. The second-order valence-electron chi connectivity index (χ2n) is 3.12. The van der Waals surface area contributed by atoms with E-state index in [4.69, 9.17) is 16.2 Å². The first kappa shape index (κ1) is 9.67. The summed E-state index contributed by atoms with van der Waals surface area (Å²) in [6.07, 6.45) is 0. The van der Waals surface area contributed by atoms with Crippen LogP contribution in [-0.2, 0) is 6.54 Å². The van der Waals surface area contributed by atoms with E-state index in [9.17, 15) is 0 Å². The molecule has 0 bridgehead atoms. The van der Waals surface area contributed by atoms with Gasteiger partial charge in [0, 0.05) is 18.0 Å². The van der Waals surface area contributed by atoms with Gasteiger partial charge in [-0.15, -0.1) is 0 Å². The molecule has 5 nitrogen and oxygen atoms in total. The molecule has 0 fully saturated rings. The van der Waals surface area contributed by atoms with E-state index in [2.05, 4.69) is 9.97 Å². The summed E-state index contributed by atoms with van der Waals surface area (Å²) in [5.74, 6) is 0.972. The number of nitrogens with two attached hydrogens (primary N) is 2. The quantitative estimate of drug-likeness (QED) is 0.751. The van der Waals surface area contributed by atoms with E-state index in [1.165, 1.54) is 0 Å². The molecule has 0 aliphatic carbocycles. The molecule has 4 N–H and O–H groups in total. The Kier molecular flexibility index (Phi) is 2.39. The van der Waals surface area contributed by atoms with Crippen molar-refractivity contribution in [3.63, 3.8) is 0 Å². The Bertz CT molecular complexity index is 498. The fraction of sp³-hybridized carbons (Fsp3) is 0.200. The Morgan fingerprint density at radius 3 is 2.80 bits per heavy atom. The number of hydrogen-bond acceptors (Lipinski definition) is 5. The van der Waals surface area contributed by atoms with Crippen molar-refractivity contribution in [1.29, 1.82) is 0 Å². The van der Waals surface area contributed by atoms with Crippen molar-refractivity contribution in [2.75, 3.05) is 12.8 Å². The molecule has 0 spiro atoms. The lowest BCUT2D eigenvalue weighted by Crippen LogP contribution is -2.05. The van der Waals surface area contributed by atoms with Crippen molar-refractivity contribution in [2.45, 2.75) is 6.54 Å². The maximum Gasteiger partial charge on any atom is 0.220 e. The summed E-state index contributed by atoms with van der Waals surface area (Å²) in [6, 6.07) is 5.55. The van der Waals surface area contributed by atoms with Gasteiger partial charge in [-0.2, -0.15) is 0 Å². The molecule has 0 amide bonds. The van der Waals surface area contributed by atoms with Crippen LogP contribution in [0.4, 0.5) is 5.95 Å². The van der Waals surface area contributed by atoms with Crippen LogP contribution in [0.5, 0.6) is 5.75 Å². The summed E-state index contributed by atoms with van der Waals surface area (Å²) in [6.45, 7) is 0.343. The lowest BCUT2D eigenvalue weighted by atomic mass is 10.2. The van der Waals surface area contributed by atoms with Crippen LogP contribution in [0.2, 0.25) is 0 Å². The number of methoxy groups -OCH3 is 1. The molecule has 5 heteroatoms. The van der Waals surface area contributed by atoms with Crippen LogP contribution in [0.25, 0.3) is 10.9 Å². The number of aromatic nitrogens is 2. The second kappa shape index (κ2) is 3.70. The Balaban J connectivity index is 2.72. The van der Waals surface area contributed by atoms with Crippen LogP contribution in [0.1, 0.15) is 5.69 Å². The molecule has 0 atom stereocenters. The third-order valence-corrected chi connectivity index (χ3v) is 2.19. The molecule has 1 heterocycles. The number of hydrogen-bond donors (Lipinski definition) is 2. The summed E-state index contributed by atoms with van der Waals surface area (Å²) in [4.78, 5) is 8.20. The number of fused-ring (bicyclic) bond motifs is 1. The molecule has 78 valence electrons. The molecular formula is C10H12N4O. The highest BCUT2D eigenvalue weighted by Crippen LogP contribution is 2.21. The molecule has 0 saturated heterocycles. The molecule has 1 aromatic carbocycles. The van der Waals surface area contributed by atoms with E-state index in [-0.39, 0.29) is 5.95 Å². The molecule has 0 aliphatic rings. The second-order valence-corrected chi connectivity index (χ2v) is 3.12. The van der Waals surface area contributed by atoms with Gasteiger partial charge < -0.3 is 16.2 Å². The Morgan fingerprint density at radius 1 is 1.33 bits per heavy atom. The third kappa shape index (κ3) is 1.69. The van der Waals surface area contributed by atoms with Gasteiger partial charge in [0.25, 0.3) is 0 Å². The Hall–Kier alpha value is -1.88. The first-order valence-corrected chi connectivity index (χ1v) is 4.55. The molecular weight excluding hydrogens is 192 g/mol. The van der Waals surface area contributed by atoms with Gasteiger partial charge in [-0.1, -0.05) is 0 Å². The summed E-state index contributed by atoms with van der Waals surface area (Å²) in [7, 11) is 1.61. The van der Waals surface area contributed by atoms with E-state index in [0.29, 0.717) is 6.54 Å². The van der Waals surface area contributed by atoms with E-state index in [1.54, 1.807) is 7.11 Å². The molecule has 0 radical (unpaired) electrons. The number of nitrogens with zero attached hydrogens (tertiary/aromatic N) is 2. The number of nitrogen functional groups attached to an aromatic ring is 1. The highest BCUT2D eigenvalue weighted by Gasteiger charge is 2.05. The van der Waals surface area contributed by atoms with Crippen LogP contribution in [0.15, 0.2) is 18.2 Å². The smallest absolute Gasteiger partial charge is 0.220 e. The topological polar surface area (TPSA) is 87.0 Å². The molecule has 0 unspecified atom stereocenters. The van der Waals surface area contributed by atoms with Crippen LogP contribution in [0.3, 0.4) is 0 Å². The van der Waals surface area contributed by atoms with Gasteiger partial charge in [0.15, 0.2) is 0 Å². The Labute approximate surface area is 87.1 Å². The zero-order valence-electron chi connectivity index (χ0n) is 8.40. The summed E-state index contributed by atoms with van der Waals surface area (Å²) >= 11 is 0. The van der Waals surface area contributed by atoms with Crippen molar-refractivity contribution in [1.82, 2.24) is 9.97 Å². The number of anilines is 1. The molecule has 1 aromatic heterocycles. The first-order chi connectivity index (χ1) is 7.24. The van der Waals surface area contributed by atoms with E-state index < -0.39 is 0 Å². The fourth-order valence-corrected chi connectivity index (χ4v) is 1.48. The van der Waals surface area contributed by atoms with E-state index >= 15 is 0 Å². The third-order valence-electron chi connectivity index (χ3n) is 2.19. The van der Waals surface area contributed by atoms with Crippen LogP contribution >= 0.6 is 0 Å². The zero-order chi connectivity index (χ0) is 10.8. The highest BCUT2D eigenvalue weighted by molar-refractivity contribution is 5.83. The van der Waals surface area contributed by atoms with Crippen LogP contribution < -0.4 is 16.2 Å². The van der Waals surface area contributed by atoms with Crippen LogP contribution in [-0.4, -0.2) is 17.1 Å². The lowest BCUT2D eigenvalue weighted by molar-refractivity contribution is 0.415. The van der Waals surface area contributed by atoms with Gasteiger partial charge in [-0.25, -0.2) is 9.97 Å². The molecule has 0 aliphatic heterocycles. The van der Waals surface area contributed by atoms with Gasteiger partial charge in [0.2, 0.25) is 5.95 Å². The van der Waals surface area contributed by atoms with Crippen molar-refractivity contribution in [3.05, 3.63) is 23.9 Å². The zero-order valence-corrected chi connectivity index (χ0v) is 8.40. The highest BCUT2D eigenvalue weighted by atomic mass is 16.5. The maximum absolute atomic E-state index is 5.58. The van der Waals surface area contributed by atoms with Crippen molar-refractivity contribution < 1.29 is 4.74 Å². The monoisotopic (exact) mass is 204 g/mol. The number of benzene rings is 1. The molecule has 2 aromatic rings. The minimum Gasteiger partial charge on any atom is -0.497 e.